The molecule has 1 rings (SSSR count). The Balaban J connectivity index is 2.44. The molecule has 1 amide bonds. The van der Waals surface area contributed by atoms with Gasteiger partial charge < -0.3 is 10.6 Å². The van der Waals surface area contributed by atoms with Gasteiger partial charge in [0.25, 0.3) is 0 Å². The Morgan fingerprint density at radius 1 is 1.21 bits per heavy atom. The average molecular weight is 303 g/mol. The molecule has 1 atom stereocenters. The maximum Gasteiger partial charge on any atom is 0.233 e. The second-order valence-corrected chi connectivity index (χ2v) is 5.79. The van der Waals surface area contributed by atoms with E-state index in [0.717, 1.165) is 5.56 Å². The van der Waals surface area contributed by atoms with Crippen molar-refractivity contribution < 1.29 is 4.79 Å². The summed E-state index contributed by atoms with van der Waals surface area (Å²) in [6, 6.07) is 5.52. The smallest absolute Gasteiger partial charge is 0.233 e. The summed E-state index contributed by atoms with van der Waals surface area (Å²) >= 11 is 11.8. The number of benzene rings is 1. The van der Waals surface area contributed by atoms with Crippen molar-refractivity contribution >= 4 is 29.1 Å². The van der Waals surface area contributed by atoms with E-state index in [4.69, 9.17) is 23.2 Å². The zero-order chi connectivity index (χ0) is 14.4. The number of hydrogen-bond acceptors (Lipinski definition) is 2. The highest BCUT2D eigenvalue weighted by Gasteiger charge is 2.09. The van der Waals surface area contributed by atoms with Gasteiger partial charge >= 0.3 is 0 Å². The number of nitrogens with one attached hydrogen (secondary N) is 2. The predicted octanol–water partition coefficient (Wildman–Crippen LogP) is 3.42. The highest BCUT2D eigenvalue weighted by molar-refractivity contribution is 6.42. The summed E-state index contributed by atoms with van der Waals surface area (Å²) in [4.78, 5) is 11.6. The van der Waals surface area contributed by atoms with Gasteiger partial charge in [0.15, 0.2) is 0 Å². The molecule has 0 heterocycles. The molecular weight excluding hydrogens is 283 g/mol. The van der Waals surface area contributed by atoms with Crippen molar-refractivity contribution in [3.63, 3.8) is 0 Å². The lowest BCUT2D eigenvalue weighted by molar-refractivity contribution is -0.120. The molecule has 1 unspecified atom stereocenters. The minimum atomic E-state index is 0.000565. The third-order valence-electron chi connectivity index (χ3n) is 2.72. The maximum atomic E-state index is 11.6. The fraction of sp³-hybridized carbons (Fsp3) is 0.500. The Morgan fingerprint density at radius 2 is 1.89 bits per heavy atom. The maximum absolute atomic E-state index is 11.6. The van der Waals surface area contributed by atoms with Crippen LogP contribution >= 0.6 is 23.2 Å². The number of rotatable bonds is 6. The Labute approximate surface area is 124 Å². The molecule has 19 heavy (non-hydrogen) atoms. The molecule has 0 radical (unpaired) electrons. The molecule has 0 saturated carbocycles. The fourth-order valence-corrected chi connectivity index (χ4v) is 1.83. The van der Waals surface area contributed by atoms with E-state index in [-0.39, 0.29) is 18.5 Å². The van der Waals surface area contributed by atoms with Gasteiger partial charge in [-0.2, -0.15) is 0 Å². The van der Waals surface area contributed by atoms with E-state index in [0.29, 0.717) is 22.5 Å². The van der Waals surface area contributed by atoms with Crippen LogP contribution in [0.15, 0.2) is 18.2 Å². The molecule has 2 N–H and O–H groups in total. The second kappa shape index (κ2) is 7.73. The minimum Gasteiger partial charge on any atom is -0.355 e. The molecule has 0 bridgehead atoms. The van der Waals surface area contributed by atoms with Crippen LogP contribution in [0.1, 0.15) is 32.4 Å². The summed E-state index contributed by atoms with van der Waals surface area (Å²) in [5, 5.41) is 7.08. The van der Waals surface area contributed by atoms with Crippen molar-refractivity contribution in [2.45, 2.75) is 26.8 Å². The quantitative estimate of drug-likeness (QED) is 0.845. The third kappa shape index (κ3) is 5.81. The second-order valence-electron chi connectivity index (χ2n) is 4.97. The van der Waals surface area contributed by atoms with Crippen LogP contribution < -0.4 is 10.6 Å². The summed E-state index contributed by atoms with van der Waals surface area (Å²) < 4.78 is 0. The molecular formula is C14H20Cl2N2O. The summed E-state index contributed by atoms with van der Waals surface area (Å²) in [5.41, 5.74) is 1.01. The lowest BCUT2D eigenvalue weighted by Gasteiger charge is -2.15. The molecule has 0 saturated heterocycles. The lowest BCUT2D eigenvalue weighted by Crippen LogP contribution is -2.36. The van der Waals surface area contributed by atoms with E-state index in [2.05, 4.69) is 24.5 Å². The number of carbonyl (C=O) groups is 1. The van der Waals surface area contributed by atoms with Crippen molar-refractivity contribution in [3.05, 3.63) is 33.8 Å². The molecule has 0 fully saturated rings. The van der Waals surface area contributed by atoms with E-state index in [1.807, 2.05) is 19.1 Å². The van der Waals surface area contributed by atoms with Crippen LogP contribution in [-0.4, -0.2) is 19.0 Å². The molecule has 0 aromatic heterocycles. The van der Waals surface area contributed by atoms with E-state index in [1.165, 1.54) is 0 Å². The van der Waals surface area contributed by atoms with Gasteiger partial charge in [-0.15, -0.1) is 0 Å². The fourth-order valence-electron chi connectivity index (χ4n) is 1.53. The molecule has 1 aromatic rings. The van der Waals surface area contributed by atoms with Crippen molar-refractivity contribution in [2.75, 3.05) is 13.1 Å². The number of hydrogen-bond donors (Lipinski definition) is 2. The number of amides is 1. The predicted molar refractivity (Wildman–Crippen MR) is 80.7 cm³/mol. The minimum absolute atomic E-state index is 0.000565. The molecule has 106 valence electrons. The average Bonchev–Trinajstić information content (AvgIpc) is 2.36. The normalized spacial score (nSPS) is 12.5. The molecule has 0 aliphatic heterocycles. The Hall–Kier alpha value is -0.770. The van der Waals surface area contributed by atoms with Crippen LogP contribution in [0.25, 0.3) is 0 Å². The summed E-state index contributed by atoms with van der Waals surface area (Å²) in [7, 11) is 0. The number of carbonyl (C=O) groups excluding carboxylic acids is 1. The van der Waals surface area contributed by atoms with Crippen LogP contribution in [0.2, 0.25) is 10.0 Å². The Kier molecular flexibility index (Phi) is 6.63. The van der Waals surface area contributed by atoms with E-state index in [9.17, 15) is 4.79 Å². The van der Waals surface area contributed by atoms with Gasteiger partial charge in [-0.3, -0.25) is 4.79 Å². The monoisotopic (exact) mass is 302 g/mol. The van der Waals surface area contributed by atoms with Gasteiger partial charge in [-0.25, -0.2) is 0 Å². The highest BCUT2D eigenvalue weighted by atomic mass is 35.5. The standard InChI is InChI=1S/C14H20Cl2N2O/c1-9(2)7-18-14(19)8-17-10(3)11-4-5-12(15)13(16)6-11/h4-6,9-10,17H,7-8H2,1-3H3,(H,18,19). The largest absolute Gasteiger partial charge is 0.355 e. The Bertz CT molecular complexity index is 435. The molecule has 1 aromatic carbocycles. The van der Waals surface area contributed by atoms with Gasteiger partial charge in [0.05, 0.1) is 16.6 Å². The zero-order valence-electron chi connectivity index (χ0n) is 11.5. The van der Waals surface area contributed by atoms with Crippen molar-refractivity contribution in [1.29, 1.82) is 0 Å². The van der Waals surface area contributed by atoms with E-state index >= 15 is 0 Å². The lowest BCUT2D eigenvalue weighted by atomic mass is 10.1. The van der Waals surface area contributed by atoms with Gasteiger partial charge in [-0.1, -0.05) is 43.1 Å². The van der Waals surface area contributed by atoms with E-state index in [1.54, 1.807) is 6.07 Å². The molecule has 5 heteroatoms. The summed E-state index contributed by atoms with van der Waals surface area (Å²) in [6.45, 7) is 7.09. The molecule has 0 aliphatic carbocycles. The van der Waals surface area contributed by atoms with Gasteiger partial charge in [0.2, 0.25) is 5.91 Å². The van der Waals surface area contributed by atoms with Crippen LogP contribution in [0.4, 0.5) is 0 Å². The number of halogens is 2. The summed E-state index contributed by atoms with van der Waals surface area (Å²) in [5.74, 6) is 0.456. The van der Waals surface area contributed by atoms with Crippen molar-refractivity contribution in [1.82, 2.24) is 10.6 Å². The van der Waals surface area contributed by atoms with Crippen molar-refractivity contribution in [3.8, 4) is 0 Å². The van der Waals surface area contributed by atoms with Gasteiger partial charge in [0, 0.05) is 12.6 Å². The van der Waals surface area contributed by atoms with Crippen LogP contribution in [0.5, 0.6) is 0 Å². The Morgan fingerprint density at radius 3 is 2.47 bits per heavy atom. The first kappa shape index (κ1) is 16.3. The first-order chi connectivity index (χ1) is 8.90. The molecule has 0 aliphatic rings. The van der Waals surface area contributed by atoms with E-state index < -0.39 is 0 Å². The van der Waals surface area contributed by atoms with Gasteiger partial charge in [0.1, 0.15) is 0 Å². The SMILES string of the molecule is CC(C)CNC(=O)CNC(C)c1ccc(Cl)c(Cl)c1. The summed E-state index contributed by atoms with van der Waals surface area (Å²) in [6.07, 6.45) is 0. The van der Waals surface area contributed by atoms with Crippen LogP contribution in [-0.2, 0) is 4.79 Å². The van der Waals surface area contributed by atoms with Crippen molar-refractivity contribution in [2.24, 2.45) is 5.92 Å². The van der Waals surface area contributed by atoms with Gasteiger partial charge in [-0.05, 0) is 30.5 Å². The van der Waals surface area contributed by atoms with Crippen LogP contribution in [0.3, 0.4) is 0 Å². The molecule has 3 nitrogen and oxygen atoms in total. The first-order valence-corrected chi connectivity index (χ1v) is 7.10. The zero-order valence-corrected chi connectivity index (χ0v) is 13.0. The molecule has 0 spiro atoms. The topological polar surface area (TPSA) is 41.1 Å². The first-order valence-electron chi connectivity index (χ1n) is 6.35. The highest BCUT2D eigenvalue weighted by Crippen LogP contribution is 2.25. The third-order valence-corrected chi connectivity index (χ3v) is 3.46. The van der Waals surface area contributed by atoms with Crippen LogP contribution in [0, 0.1) is 5.92 Å².